The second-order valence-electron chi connectivity index (χ2n) is 6.91. The highest BCUT2D eigenvalue weighted by atomic mass is 16.6. The predicted molar refractivity (Wildman–Crippen MR) is 94.6 cm³/mol. The number of amides is 1. The number of hydrogen-bond donors (Lipinski definition) is 2. The van der Waals surface area contributed by atoms with Gasteiger partial charge in [0.1, 0.15) is 0 Å². The van der Waals surface area contributed by atoms with Crippen LogP contribution in [0, 0.1) is 23.0 Å². The Morgan fingerprint density at radius 3 is 3.04 bits per heavy atom. The first kappa shape index (κ1) is 17.6. The van der Waals surface area contributed by atoms with Gasteiger partial charge in [0.25, 0.3) is 0 Å². The molecule has 2 N–H and O–H groups in total. The van der Waals surface area contributed by atoms with Gasteiger partial charge in [-0.2, -0.15) is 0 Å². The molecule has 25 heavy (non-hydrogen) atoms. The van der Waals surface area contributed by atoms with Crippen LogP contribution in [-0.4, -0.2) is 48.0 Å². The van der Waals surface area contributed by atoms with Crippen molar-refractivity contribution in [2.45, 2.75) is 38.6 Å². The summed E-state index contributed by atoms with van der Waals surface area (Å²) in [5, 5.41) is 17.6. The molecule has 0 radical (unpaired) electrons. The third-order valence-electron chi connectivity index (χ3n) is 5.05. The van der Waals surface area contributed by atoms with Gasteiger partial charge in [0.15, 0.2) is 0 Å². The van der Waals surface area contributed by atoms with Crippen LogP contribution in [0.3, 0.4) is 0 Å². The lowest BCUT2D eigenvalue weighted by Gasteiger charge is -2.33. The van der Waals surface area contributed by atoms with Crippen LogP contribution >= 0.6 is 0 Å². The molecule has 0 bridgehead atoms. The zero-order valence-electron chi connectivity index (χ0n) is 14.5. The van der Waals surface area contributed by atoms with Crippen LogP contribution in [0.5, 0.6) is 0 Å². The molecule has 1 aromatic heterocycles. The Morgan fingerprint density at radius 1 is 1.48 bits per heavy atom. The second-order valence-corrected chi connectivity index (χ2v) is 6.91. The molecule has 8 heteroatoms. The number of carbonyl (C=O) groups is 1. The van der Waals surface area contributed by atoms with Crippen molar-refractivity contribution in [3.05, 3.63) is 27.9 Å². The summed E-state index contributed by atoms with van der Waals surface area (Å²) in [6.07, 6.45) is 5.50. The van der Waals surface area contributed by atoms with Gasteiger partial charge in [0.2, 0.25) is 11.7 Å². The fraction of sp³-hybridized carbons (Fsp3) is 0.647. The number of aromatic nitrogens is 1. The van der Waals surface area contributed by atoms with Crippen molar-refractivity contribution in [2.24, 2.45) is 5.92 Å². The third kappa shape index (κ3) is 4.07. The van der Waals surface area contributed by atoms with E-state index in [-0.39, 0.29) is 28.5 Å². The van der Waals surface area contributed by atoms with Crippen molar-refractivity contribution in [1.82, 2.24) is 15.6 Å². The summed E-state index contributed by atoms with van der Waals surface area (Å²) in [5.41, 5.74) is 0.708. The summed E-state index contributed by atoms with van der Waals surface area (Å²) in [5.74, 6) is 0.786. The third-order valence-corrected chi connectivity index (χ3v) is 5.05. The van der Waals surface area contributed by atoms with Gasteiger partial charge in [-0.25, -0.2) is 4.98 Å². The van der Waals surface area contributed by atoms with Crippen LogP contribution in [0.1, 0.15) is 31.2 Å². The standard InChI is InChI=1S/C17H25N5O3/c1-12-6-8-19-16(15(12)22(24)25)21-9-3-4-13(11-21)10-20-17(23)14-5-2-7-18-14/h6,8,13-14,18H,2-5,7,9-11H2,1H3,(H,20,23). The van der Waals surface area contributed by atoms with Crippen LogP contribution in [0.25, 0.3) is 0 Å². The molecule has 0 saturated carbocycles. The molecule has 1 aromatic rings. The molecule has 1 amide bonds. The Morgan fingerprint density at radius 2 is 2.32 bits per heavy atom. The second kappa shape index (κ2) is 7.77. The molecular formula is C17H25N5O3. The molecule has 0 aliphatic carbocycles. The molecule has 136 valence electrons. The van der Waals surface area contributed by atoms with Crippen molar-refractivity contribution in [2.75, 3.05) is 31.1 Å². The van der Waals surface area contributed by atoms with Crippen LogP contribution in [0.4, 0.5) is 11.5 Å². The molecular weight excluding hydrogens is 322 g/mol. The van der Waals surface area contributed by atoms with Crippen molar-refractivity contribution >= 4 is 17.4 Å². The Kier molecular flexibility index (Phi) is 5.47. The molecule has 3 heterocycles. The van der Waals surface area contributed by atoms with E-state index in [1.807, 2.05) is 4.90 Å². The lowest BCUT2D eigenvalue weighted by molar-refractivity contribution is -0.384. The van der Waals surface area contributed by atoms with Gasteiger partial charge in [0, 0.05) is 31.4 Å². The van der Waals surface area contributed by atoms with Crippen molar-refractivity contribution in [3.63, 3.8) is 0 Å². The van der Waals surface area contributed by atoms with Crippen LogP contribution in [-0.2, 0) is 4.79 Å². The summed E-state index contributed by atoms with van der Waals surface area (Å²) in [7, 11) is 0. The van der Waals surface area contributed by atoms with Gasteiger partial charge < -0.3 is 15.5 Å². The molecule has 2 atom stereocenters. The Balaban J connectivity index is 1.62. The number of pyridine rings is 1. The summed E-state index contributed by atoms with van der Waals surface area (Å²) in [6, 6.07) is 1.59. The maximum atomic E-state index is 12.1. The maximum absolute atomic E-state index is 12.1. The smallest absolute Gasteiger partial charge is 0.314 e. The number of piperidine rings is 1. The molecule has 2 aliphatic rings. The SMILES string of the molecule is Cc1ccnc(N2CCCC(CNC(=O)C3CCCN3)C2)c1[N+](=O)[O-]. The van der Waals surface area contributed by atoms with Crippen LogP contribution in [0.15, 0.2) is 12.3 Å². The van der Waals surface area contributed by atoms with Gasteiger partial charge in [-0.1, -0.05) is 0 Å². The van der Waals surface area contributed by atoms with E-state index in [2.05, 4.69) is 15.6 Å². The lowest BCUT2D eigenvalue weighted by Crippen LogP contribution is -2.45. The average Bonchev–Trinajstić information content (AvgIpc) is 3.14. The summed E-state index contributed by atoms with van der Waals surface area (Å²) < 4.78 is 0. The molecule has 2 aliphatic heterocycles. The van der Waals surface area contributed by atoms with Gasteiger partial charge in [-0.3, -0.25) is 14.9 Å². The predicted octanol–water partition coefficient (Wildman–Crippen LogP) is 1.38. The minimum absolute atomic E-state index is 0.0642. The number of anilines is 1. The highest BCUT2D eigenvalue weighted by Gasteiger charge is 2.29. The van der Waals surface area contributed by atoms with Gasteiger partial charge >= 0.3 is 5.69 Å². The van der Waals surface area contributed by atoms with E-state index < -0.39 is 0 Å². The normalized spacial score (nSPS) is 23.5. The monoisotopic (exact) mass is 347 g/mol. The zero-order chi connectivity index (χ0) is 17.8. The van der Waals surface area contributed by atoms with Crippen molar-refractivity contribution < 1.29 is 9.72 Å². The fourth-order valence-corrected chi connectivity index (χ4v) is 3.69. The molecule has 3 rings (SSSR count). The summed E-state index contributed by atoms with van der Waals surface area (Å²) in [4.78, 5) is 29.4. The molecule has 2 unspecified atom stereocenters. The molecule has 8 nitrogen and oxygen atoms in total. The first-order valence-electron chi connectivity index (χ1n) is 8.92. The number of hydrogen-bond acceptors (Lipinski definition) is 6. The number of nitro groups is 1. The summed E-state index contributed by atoms with van der Waals surface area (Å²) in [6.45, 7) is 4.67. The Hall–Kier alpha value is -2.22. The van der Waals surface area contributed by atoms with E-state index in [4.69, 9.17) is 0 Å². The summed E-state index contributed by atoms with van der Waals surface area (Å²) >= 11 is 0. The first-order chi connectivity index (χ1) is 12.1. The van der Waals surface area contributed by atoms with E-state index >= 15 is 0 Å². The highest BCUT2D eigenvalue weighted by molar-refractivity contribution is 5.82. The number of nitrogens with one attached hydrogen (secondary N) is 2. The number of rotatable bonds is 5. The van der Waals surface area contributed by atoms with Crippen LogP contribution < -0.4 is 15.5 Å². The lowest BCUT2D eigenvalue weighted by atomic mass is 9.97. The van der Waals surface area contributed by atoms with Gasteiger partial charge in [0.05, 0.1) is 11.0 Å². The van der Waals surface area contributed by atoms with Gasteiger partial charge in [-0.15, -0.1) is 0 Å². The highest BCUT2D eigenvalue weighted by Crippen LogP contribution is 2.31. The Bertz CT molecular complexity index is 645. The number of carbonyl (C=O) groups excluding carboxylic acids is 1. The molecule has 2 saturated heterocycles. The zero-order valence-corrected chi connectivity index (χ0v) is 14.5. The number of nitrogens with zero attached hydrogens (tertiary/aromatic N) is 3. The van der Waals surface area contributed by atoms with Gasteiger partial charge in [-0.05, 0) is 51.1 Å². The van der Waals surface area contributed by atoms with Crippen LogP contribution in [0.2, 0.25) is 0 Å². The van der Waals surface area contributed by atoms with E-state index in [1.54, 1.807) is 19.2 Å². The maximum Gasteiger partial charge on any atom is 0.314 e. The van der Waals surface area contributed by atoms with E-state index in [9.17, 15) is 14.9 Å². The van der Waals surface area contributed by atoms with Crippen molar-refractivity contribution in [1.29, 1.82) is 0 Å². The topological polar surface area (TPSA) is 100 Å². The first-order valence-corrected chi connectivity index (χ1v) is 8.92. The van der Waals surface area contributed by atoms with E-state index in [1.165, 1.54) is 0 Å². The largest absolute Gasteiger partial charge is 0.354 e. The fourth-order valence-electron chi connectivity index (χ4n) is 3.69. The average molecular weight is 347 g/mol. The Labute approximate surface area is 147 Å². The number of aryl methyl sites for hydroxylation is 1. The van der Waals surface area contributed by atoms with E-state index in [0.717, 1.165) is 38.8 Å². The quantitative estimate of drug-likeness (QED) is 0.616. The minimum Gasteiger partial charge on any atom is -0.354 e. The molecule has 0 aromatic carbocycles. The van der Waals surface area contributed by atoms with E-state index in [0.29, 0.717) is 24.5 Å². The minimum atomic E-state index is -0.352. The molecule has 0 spiro atoms. The van der Waals surface area contributed by atoms with Crippen molar-refractivity contribution in [3.8, 4) is 0 Å². The molecule has 2 fully saturated rings.